The first-order valence-corrected chi connectivity index (χ1v) is 12.8. The molecule has 5 rings (SSSR count). The molecule has 0 spiro atoms. The van der Waals surface area contributed by atoms with Crippen molar-refractivity contribution in [2.75, 3.05) is 49.2 Å². The van der Waals surface area contributed by atoms with Gasteiger partial charge in [0.1, 0.15) is 0 Å². The number of hydrogen-bond donors (Lipinski definition) is 0. The van der Waals surface area contributed by atoms with Crippen LogP contribution in [0.2, 0.25) is 0 Å². The smallest absolute Gasteiger partial charge is 0.338 e. The molecular formula is C30H32N2O4. The van der Waals surface area contributed by atoms with E-state index in [1.54, 1.807) is 24.3 Å². The van der Waals surface area contributed by atoms with Crippen LogP contribution >= 0.6 is 0 Å². The van der Waals surface area contributed by atoms with Crippen molar-refractivity contribution in [2.45, 2.75) is 25.7 Å². The van der Waals surface area contributed by atoms with E-state index in [1.807, 2.05) is 0 Å². The third kappa shape index (κ3) is 5.54. The number of fused-ring (bicyclic) bond motifs is 2. The van der Waals surface area contributed by atoms with E-state index in [9.17, 15) is 9.59 Å². The number of rotatable bonds is 10. The zero-order valence-corrected chi connectivity index (χ0v) is 20.5. The lowest BCUT2D eigenvalue weighted by Crippen LogP contribution is -2.23. The molecule has 0 saturated heterocycles. The summed E-state index contributed by atoms with van der Waals surface area (Å²) in [6, 6.07) is 23.4. The van der Waals surface area contributed by atoms with Gasteiger partial charge in [-0.15, -0.1) is 0 Å². The van der Waals surface area contributed by atoms with Crippen molar-refractivity contribution in [1.82, 2.24) is 0 Å². The molecule has 6 nitrogen and oxygen atoms in total. The average molecular weight is 485 g/mol. The maximum absolute atomic E-state index is 12.4. The lowest BCUT2D eigenvalue weighted by Gasteiger charge is -2.19. The van der Waals surface area contributed by atoms with Crippen LogP contribution in [0.3, 0.4) is 0 Å². The summed E-state index contributed by atoms with van der Waals surface area (Å²) in [5.41, 5.74) is 6.20. The normalized spacial score (nSPS) is 13.9. The number of anilines is 2. The molecule has 6 heteroatoms. The third-order valence-corrected chi connectivity index (χ3v) is 6.93. The van der Waals surface area contributed by atoms with Gasteiger partial charge in [0.25, 0.3) is 0 Å². The highest BCUT2D eigenvalue weighted by atomic mass is 16.5. The molecule has 0 unspecified atom stereocenters. The number of benzene rings is 3. The molecule has 0 aliphatic carbocycles. The Labute approximate surface area is 212 Å². The standard InChI is InChI=1S/C30H32N2O4/c33-29(35-21-5-17-31-19-15-23-7-1-3-9-27(23)31)25-11-13-26(14-12-25)30(34)36-22-6-18-32-20-16-24-8-2-4-10-28(24)32/h1-4,7-14H,5-6,15-22H2. The molecule has 0 bridgehead atoms. The van der Waals surface area contributed by atoms with E-state index in [4.69, 9.17) is 9.47 Å². The summed E-state index contributed by atoms with van der Waals surface area (Å²) in [5, 5.41) is 0. The van der Waals surface area contributed by atoms with Gasteiger partial charge in [-0.25, -0.2) is 9.59 Å². The summed E-state index contributed by atoms with van der Waals surface area (Å²) in [4.78, 5) is 29.5. The third-order valence-electron chi connectivity index (χ3n) is 6.93. The molecule has 0 radical (unpaired) electrons. The van der Waals surface area contributed by atoms with Gasteiger partial charge in [-0.2, -0.15) is 0 Å². The Bertz CT molecular complexity index is 1110. The predicted octanol–water partition coefficient (Wildman–Crippen LogP) is 4.91. The van der Waals surface area contributed by atoms with E-state index in [2.05, 4.69) is 58.3 Å². The van der Waals surface area contributed by atoms with Crippen LogP contribution in [-0.2, 0) is 22.3 Å². The zero-order valence-electron chi connectivity index (χ0n) is 20.5. The van der Waals surface area contributed by atoms with Crippen LogP contribution in [0.15, 0.2) is 72.8 Å². The fraction of sp³-hybridized carbons (Fsp3) is 0.333. The first kappa shape index (κ1) is 23.9. The molecule has 0 amide bonds. The summed E-state index contributed by atoms with van der Waals surface area (Å²) in [6.45, 7) is 4.47. The molecule has 0 fully saturated rings. The van der Waals surface area contributed by atoms with Gasteiger partial charge in [0, 0.05) is 37.6 Å². The lowest BCUT2D eigenvalue weighted by molar-refractivity contribution is 0.0488. The van der Waals surface area contributed by atoms with E-state index in [0.717, 1.165) is 51.9 Å². The van der Waals surface area contributed by atoms with Crippen molar-refractivity contribution < 1.29 is 19.1 Å². The van der Waals surface area contributed by atoms with Crippen molar-refractivity contribution >= 4 is 23.3 Å². The predicted molar refractivity (Wildman–Crippen MR) is 141 cm³/mol. The second-order valence-electron chi connectivity index (χ2n) is 9.29. The van der Waals surface area contributed by atoms with E-state index < -0.39 is 0 Å². The number of hydrogen-bond acceptors (Lipinski definition) is 6. The number of nitrogens with zero attached hydrogens (tertiary/aromatic N) is 2. The van der Waals surface area contributed by atoms with E-state index in [1.165, 1.54) is 22.5 Å². The molecule has 3 aromatic carbocycles. The highest BCUT2D eigenvalue weighted by Gasteiger charge is 2.19. The number of esters is 2. The Morgan fingerprint density at radius 2 is 1.03 bits per heavy atom. The molecular weight excluding hydrogens is 452 g/mol. The van der Waals surface area contributed by atoms with Crippen LogP contribution in [0.1, 0.15) is 44.7 Å². The molecule has 2 aliphatic rings. The largest absolute Gasteiger partial charge is 0.462 e. The Morgan fingerprint density at radius 3 is 1.47 bits per heavy atom. The van der Waals surface area contributed by atoms with Crippen LogP contribution in [0, 0.1) is 0 Å². The maximum atomic E-state index is 12.4. The number of carbonyl (C=O) groups excluding carboxylic acids is 2. The Hall–Kier alpha value is -3.80. The minimum absolute atomic E-state index is 0.364. The zero-order chi connectivity index (χ0) is 24.7. The van der Waals surface area contributed by atoms with Crippen molar-refractivity contribution in [2.24, 2.45) is 0 Å². The Balaban J connectivity index is 1.00. The first-order chi connectivity index (χ1) is 17.7. The molecule has 36 heavy (non-hydrogen) atoms. The molecule has 2 aliphatic heterocycles. The minimum Gasteiger partial charge on any atom is -0.462 e. The van der Waals surface area contributed by atoms with Gasteiger partial charge >= 0.3 is 11.9 Å². The second kappa shape index (κ2) is 11.3. The van der Waals surface area contributed by atoms with Gasteiger partial charge in [0.15, 0.2) is 0 Å². The van der Waals surface area contributed by atoms with Crippen LogP contribution in [0.5, 0.6) is 0 Å². The van der Waals surface area contributed by atoms with Crippen molar-refractivity contribution in [1.29, 1.82) is 0 Å². The summed E-state index contributed by atoms with van der Waals surface area (Å²) < 4.78 is 10.9. The van der Waals surface area contributed by atoms with Gasteiger partial charge in [-0.3, -0.25) is 0 Å². The van der Waals surface area contributed by atoms with Gasteiger partial charge in [0.05, 0.1) is 24.3 Å². The fourth-order valence-corrected chi connectivity index (χ4v) is 5.03. The molecule has 186 valence electrons. The van der Waals surface area contributed by atoms with Gasteiger partial charge in [-0.1, -0.05) is 36.4 Å². The SMILES string of the molecule is O=C(OCCCN1CCc2ccccc21)c1ccc(C(=O)OCCCN2CCc3ccccc32)cc1. The highest BCUT2D eigenvalue weighted by molar-refractivity contribution is 5.93. The van der Waals surface area contributed by atoms with Gasteiger partial charge in [0.2, 0.25) is 0 Å². The average Bonchev–Trinajstić information content (AvgIpc) is 3.53. The fourth-order valence-electron chi connectivity index (χ4n) is 5.03. The van der Waals surface area contributed by atoms with Crippen molar-refractivity contribution in [3.05, 3.63) is 95.1 Å². The lowest BCUT2D eigenvalue weighted by atomic mass is 10.1. The Morgan fingerprint density at radius 1 is 0.611 bits per heavy atom. The van der Waals surface area contributed by atoms with E-state index in [-0.39, 0.29) is 11.9 Å². The number of ether oxygens (including phenoxy) is 2. The molecule has 0 atom stereocenters. The first-order valence-electron chi connectivity index (χ1n) is 12.8. The van der Waals surface area contributed by atoms with Gasteiger partial charge < -0.3 is 19.3 Å². The Kier molecular flexibility index (Phi) is 7.50. The second-order valence-corrected chi connectivity index (χ2v) is 9.29. The summed E-state index contributed by atoms with van der Waals surface area (Å²) in [7, 11) is 0. The summed E-state index contributed by atoms with van der Waals surface area (Å²) in [5.74, 6) is -0.745. The van der Waals surface area contributed by atoms with Crippen LogP contribution < -0.4 is 9.80 Å². The summed E-state index contributed by atoms with van der Waals surface area (Å²) in [6.07, 6.45) is 3.68. The molecule has 0 N–H and O–H groups in total. The molecule has 2 heterocycles. The number of carbonyl (C=O) groups is 2. The minimum atomic E-state index is -0.373. The summed E-state index contributed by atoms with van der Waals surface area (Å²) >= 11 is 0. The molecule has 0 aromatic heterocycles. The van der Waals surface area contributed by atoms with E-state index >= 15 is 0 Å². The molecule has 3 aromatic rings. The molecule has 0 saturated carbocycles. The van der Waals surface area contributed by atoms with Crippen molar-refractivity contribution in [3.8, 4) is 0 Å². The topological polar surface area (TPSA) is 59.1 Å². The maximum Gasteiger partial charge on any atom is 0.338 e. The van der Waals surface area contributed by atoms with Crippen LogP contribution in [0.25, 0.3) is 0 Å². The quantitative estimate of drug-likeness (QED) is 0.301. The van der Waals surface area contributed by atoms with E-state index in [0.29, 0.717) is 24.3 Å². The van der Waals surface area contributed by atoms with Crippen molar-refractivity contribution in [3.63, 3.8) is 0 Å². The van der Waals surface area contributed by atoms with Gasteiger partial charge in [-0.05, 0) is 73.2 Å². The number of para-hydroxylation sites is 2. The monoisotopic (exact) mass is 484 g/mol. The highest BCUT2D eigenvalue weighted by Crippen LogP contribution is 2.28. The van der Waals surface area contributed by atoms with Crippen LogP contribution in [0.4, 0.5) is 11.4 Å². The van der Waals surface area contributed by atoms with Crippen LogP contribution in [-0.4, -0.2) is 51.3 Å².